The molecule has 0 aliphatic carbocycles. The summed E-state index contributed by atoms with van der Waals surface area (Å²) in [6.45, 7) is 2.35. The van der Waals surface area contributed by atoms with Crippen LogP contribution in [0.25, 0.3) is 0 Å². The Kier molecular flexibility index (Phi) is 41.0. The molecule has 10 nitrogen and oxygen atoms in total. The SMILES string of the molecule is CCCCC/C=C/C/C=C/CCCCCCCCCCCC(=O)O[C@H](COC(=O)CCCCC/C=C/CCCCCCCCCC)COP(=O)(O)OC[C@@H](O)CO. The molecule has 0 aromatic rings. The molecule has 3 atom stereocenters. The largest absolute Gasteiger partial charge is 0.472 e. The molecule has 0 bridgehead atoms. The number of hydrogen-bond acceptors (Lipinski definition) is 9. The molecule has 0 aliphatic heterocycles. The second kappa shape index (κ2) is 42.3. The first-order valence-corrected chi connectivity index (χ1v) is 24.4. The van der Waals surface area contributed by atoms with Gasteiger partial charge in [0.1, 0.15) is 12.7 Å². The maximum absolute atomic E-state index is 12.6. The van der Waals surface area contributed by atoms with E-state index in [0.717, 1.165) is 57.8 Å². The van der Waals surface area contributed by atoms with Crippen LogP contribution in [-0.2, 0) is 32.7 Å². The van der Waals surface area contributed by atoms with Crippen molar-refractivity contribution in [3.05, 3.63) is 36.5 Å². The number of carbonyl (C=O) groups excluding carboxylic acids is 2. The first kappa shape index (κ1) is 55.2. The van der Waals surface area contributed by atoms with E-state index < -0.39 is 51.8 Å². The van der Waals surface area contributed by atoms with E-state index in [-0.39, 0.29) is 19.4 Å². The van der Waals surface area contributed by atoms with E-state index in [9.17, 15) is 24.2 Å². The number of esters is 2. The Morgan fingerprint density at radius 1 is 0.526 bits per heavy atom. The molecule has 0 radical (unpaired) electrons. The molecule has 0 fully saturated rings. The Hall–Kier alpha value is -1.81. The molecule has 0 amide bonds. The summed E-state index contributed by atoms with van der Waals surface area (Å²) >= 11 is 0. The number of aliphatic hydroxyl groups excluding tert-OH is 2. The summed E-state index contributed by atoms with van der Waals surface area (Å²) in [5, 5.41) is 18.3. The fourth-order valence-electron chi connectivity index (χ4n) is 6.19. The maximum Gasteiger partial charge on any atom is 0.472 e. The number of rotatable bonds is 43. The number of aliphatic hydroxyl groups is 2. The number of hydrogen-bond donors (Lipinski definition) is 3. The monoisotopic (exact) mass is 829 g/mol. The summed E-state index contributed by atoms with van der Waals surface area (Å²) in [4.78, 5) is 35.0. The van der Waals surface area contributed by atoms with Crippen LogP contribution in [0.4, 0.5) is 0 Å². The average molecular weight is 829 g/mol. The fourth-order valence-corrected chi connectivity index (χ4v) is 6.98. The Bertz CT molecular complexity index is 1050. The fraction of sp³-hybridized carbons (Fsp3) is 0.826. The second-order valence-corrected chi connectivity index (χ2v) is 16.9. The third-order valence-electron chi connectivity index (χ3n) is 9.77. The highest BCUT2D eigenvalue weighted by Gasteiger charge is 2.27. The highest BCUT2D eigenvalue weighted by Crippen LogP contribution is 2.43. The first-order valence-electron chi connectivity index (χ1n) is 22.9. The van der Waals surface area contributed by atoms with Gasteiger partial charge in [-0.3, -0.25) is 18.6 Å². The van der Waals surface area contributed by atoms with Gasteiger partial charge in [-0.1, -0.05) is 159 Å². The molecular weight excluding hydrogens is 743 g/mol. The summed E-state index contributed by atoms with van der Waals surface area (Å²) < 4.78 is 32.7. The predicted molar refractivity (Wildman–Crippen MR) is 233 cm³/mol. The van der Waals surface area contributed by atoms with E-state index in [2.05, 4.69) is 50.3 Å². The van der Waals surface area contributed by atoms with E-state index in [4.69, 9.17) is 23.6 Å². The van der Waals surface area contributed by atoms with Crippen molar-refractivity contribution >= 4 is 19.8 Å². The summed E-state index contributed by atoms with van der Waals surface area (Å²) in [6, 6.07) is 0. The van der Waals surface area contributed by atoms with Crippen LogP contribution in [0.2, 0.25) is 0 Å². The third kappa shape index (κ3) is 42.1. The van der Waals surface area contributed by atoms with Gasteiger partial charge in [0, 0.05) is 12.8 Å². The molecule has 11 heteroatoms. The Morgan fingerprint density at radius 2 is 0.912 bits per heavy atom. The molecule has 0 saturated carbocycles. The van der Waals surface area contributed by atoms with E-state index >= 15 is 0 Å². The van der Waals surface area contributed by atoms with Crippen molar-refractivity contribution in [3.8, 4) is 0 Å². The van der Waals surface area contributed by atoms with Gasteiger partial charge in [-0.05, 0) is 70.6 Å². The zero-order valence-electron chi connectivity index (χ0n) is 36.3. The van der Waals surface area contributed by atoms with Gasteiger partial charge in [0.2, 0.25) is 0 Å². The quantitative estimate of drug-likeness (QED) is 0.0235. The third-order valence-corrected chi connectivity index (χ3v) is 10.7. The number of allylic oxidation sites excluding steroid dienone is 6. The molecule has 0 spiro atoms. The Morgan fingerprint density at radius 3 is 1.42 bits per heavy atom. The summed E-state index contributed by atoms with van der Waals surface area (Å²) in [7, 11) is -4.62. The van der Waals surface area contributed by atoms with Crippen molar-refractivity contribution in [1.82, 2.24) is 0 Å². The van der Waals surface area contributed by atoms with Crippen molar-refractivity contribution in [2.24, 2.45) is 0 Å². The van der Waals surface area contributed by atoms with Gasteiger partial charge in [-0.2, -0.15) is 0 Å². The molecule has 334 valence electrons. The number of ether oxygens (including phenoxy) is 2. The average Bonchev–Trinajstić information content (AvgIpc) is 3.20. The van der Waals surface area contributed by atoms with Gasteiger partial charge in [-0.15, -0.1) is 0 Å². The lowest BCUT2D eigenvalue weighted by Gasteiger charge is -2.20. The molecule has 1 unspecified atom stereocenters. The number of unbranched alkanes of at least 4 members (excludes halogenated alkanes) is 23. The van der Waals surface area contributed by atoms with Gasteiger partial charge < -0.3 is 24.6 Å². The molecule has 3 N–H and O–H groups in total. The highest BCUT2D eigenvalue weighted by atomic mass is 31.2. The predicted octanol–water partition coefficient (Wildman–Crippen LogP) is 12.3. The number of phosphoric ester groups is 1. The van der Waals surface area contributed by atoms with Gasteiger partial charge in [0.25, 0.3) is 0 Å². The molecule has 0 aromatic carbocycles. The lowest BCUT2D eigenvalue weighted by atomic mass is 10.1. The van der Waals surface area contributed by atoms with E-state index in [1.165, 1.54) is 109 Å². The minimum absolute atomic E-state index is 0.177. The van der Waals surface area contributed by atoms with Gasteiger partial charge in [0.05, 0.1) is 19.8 Å². The van der Waals surface area contributed by atoms with Crippen LogP contribution in [0.5, 0.6) is 0 Å². The lowest BCUT2D eigenvalue weighted by molar-refractivity contribution is -0.161. The topological polar surface area (TPSA) is 149 Å². The van der Waals surface area contributed by atoms with E-state index in [1.54, 1.807) is 0 Å². The maximum atomic E-state index is 12.6. The lowest BCUT2D eigenvalue weighted by Crippen LogP contribution is -2.29. The van der Waals surface area contributed by atoms with Crippen LogP contribution in [0.1, 0.15) is 206 Å². The van der Waals surface area contributed by atoms with Gasteiger partial charge in [-0.25, -0.2) is 4.57 Å². The van der Waals surface area contributed by atoms with Crippen molar-refractivity contribution in [2.75, 3.05) is 26.4 Å². The highest BCUT2D eigenvalue weighted by molar-refractivity contribution is 7.47. The minimum Gasteiger partial charge on any atom is -0.462 e. The summed E-state index contributed by atoms with van der Waals surface area (Å²) in [5.41, 5.74) is 0. The standard InChI is InChI=1S/C46H85O10P/c1-3-5-7-9-11-13-15-17-19-20-21-22-24-26-28-30-32-34-36-38-46(50)56-44(42-55-57(51,52)54-40-43(48)39-47)41-53-45(49)37-35-33-31-29-27-25-23-18-16-14-12-10-8-6-4-2/h11,13,17,19,25,27,43-44,47-48H,3-10,12,14-16,18,20-24,26,28-42H2,1-2H3,(H,51,52)/b13-11+,19-17+,27-25+/t43-,44+/m0/s1. The molecular formula is C46H85O10P. The van der Waals surface area contributed by atoms with Crippen LogP contribution < -0.4 is 0 Å². The zero-order chi connectivity index (χ0) is 41.9. The van der Waals surface area contributed by atoms with E-state index in [1.807, 2.05) is 0 Å². The molecule has 0 aliphatic rings. The van der Waals surface area contributed by atoms with Crippen molar-refractivity contribution in [3.63, 3.8) is 0 Å². The molecule has 0 heterocycles. The normalized spacial score (nSPS) is 14.1. The van der Waals surface area contributed by atoms with Crippen LogP contribution in [0.3, 0.4) is 0 Å². The Balaban J connectivity index is 4.27. The van der Waals surface area contributed by atoms with Gasteiger partial charge in [0.15, 0.2) is 6.10 Å². The van der Waals surface area contributed by atoms with Crippen LogP contribution >= 0.6 is 7.82 Å². The van der Waals surface area contributed by atoms with Crippen molar-refractivity contribution in [2.45, 2.75) is 219 Å². The summed E-state index contributed by atoms with van der Waals surface area (Å²) in [6.07, 6.45) is 43.9. The van der Waals surface area contributed by atoms with Crippen molar-refractivity contribution < 1.29 is 47.8 Å². The zero-order valence-corrected chi connectivity index (χ0v) is 37.2. The van der Waals surface area contributed by atoms with Crippen LogP contribution in [0.15, 0.2) is 36.5 Å². The summed E-state index contributed by atoms with van der Waals surface area (Å²) in [5.74, 6) is -0.944. The smallest absolute Gasteiger partial charge is 0.462 e. The molecule has 57 heavy (non-hydrogen) atoms. The van der Waals surface area contributed by atoms with E-state index in [0.29, 0.717) is 12.8 Å². The second-order valence-electron chi connectivity index (χ2n) is 15.4. The number of carbonyl (C=O) groups is 2. The van der Waals surface area contributed by atoms with Gasteiger partial charge >= 0.3 is 19.8 Å². The molecule has 0 saturated heterocycles. The minimum atomic E-state index is -4.62. The number of phosphoric acid groups is 1. The molecule has 0 rings (SSSR count). The van der Waals surface area contributed by atoms with Crippen molar-refractivity contribution in [1.29, 1.82) is 0 Å². The van der Waals surface area contributed by atoms with Crippen LogP contribution in [-0.4, -0.2) is 65.7 Å². The van der Waals surface area contributed by atoms with Crippen LogP contribution in [0, 0.1) is 0 Å². The first-order chi connectivity index (χ1) is 27.7. The molecule has 0 aromatic heterocycles. The Labute approximate surface area is 348 Å².